The molecule has 1 heterocycles. The van der Waals surface area contributed by atoms with Gasteiger partial charge in [-0.05, 0) is 19.1 Å². The fourth-order valence-electron chi connectivity index (χ4n) is 1.99. The van der Waals surface area contributed by atoms with Crippen LogP contribution in [-0.2, 0) is 0 Å². The highest BCUT2D eigenvalue weighted by Gasteiger charge is 2.12. The first kappa shape index (κ1) is 16.4. The number of hydrazone groups is 1. The van der Waals surface area contributed by atoms with Gasteiger partial charge in [0.25, 0.3) is 5.91 Å². The lowest BCUT2D eigenvalue weighted by molar-refractivity contribution is 0.0953. The normalized spacial score (nSPS) is 10.6. The maximum Gasteiger partial charge on any atom is 0.274 e. The minimum absolute atomic E-state index is 0.355. The molecule has 0 saturated carbocycles. The van der Waals surface area contributed by atoms with E-state index in [1.54, 1.807) is 32.2 Å². The summed E-state index contributed by atoms with van der Waals surface area (Å²) in [7, 11) is 4.61. The zero-order chi connectivity index (χ0) is 16.8. The van der Waals surface area contributed by atoms with Crippen LogP contribution in [0.4, 0.5) is 0 Å². The molecule has 1 N–H and O–H groups in total. The molecule has 2 rings (SSSR count). The molecular weight excluding hydrogens is 300 g/mol. The van der Waals surface area contributed by atoms with Crippen LogP contribution >= 0.6 is 0 Å². The third-order valence-electron chi connectivity index (χ3n) is 3.21. The van der Waals surface area contributed by atoms with Crippen molar-refractivity contribution in [1.82, 2.24) is 5.43 Å². The molecule has 7 heteroatoms. The number of carbonyl (C=O) groups excluding carboxylic acids is 1. The van der Waals surface area contributed by atoms with Gasteiger partial charge in [0.2, 0.25) is 0 Å². The summed E-state index contributed by atoms with van der Waals surface area (Å²) in [6.07, 6.45) is 2.92. The minimum atomic E-state index is -0.355. The smallest absolute Gasteiger partial charge is 0.274 e. The van der Waals surface area contributed by atoms with Crippen LogP contribution in [0.15, 0.2) is 34.0 Å². The van der Waals surface area contributed by atoms with Gasteiger partial charge in [-0.25, -0.2) is 5.43 Å². The van der Waals surface area contributed by atoms with E-state index in [4.69, 9.17) is 18.6 Å². The Morgan fingerprint density at radius 2 is 1.78 bits per heavy atom. The summed E-state index contributed by atoms with van der Waals surface area (Å²) in [5, 5.41) is 3.94. The molecule has 0 atom stereocenters. The predicted molar refractivity (Wildman–Crippen MR) is 84.6 cm³/mol. The highest BCUT2D eigenvalue weighted by Crippen LogP contribution is 2.33. The van der Waals surface area contributed by atoms with Gasteiger partial charge in [-0.15, -0.1) is 0 Å². The first-order valence-corrected chi connectivity index (χ1v) is 6.78. The summed E-state index contributed by atoms with van der Waals surface area (Å²) in [5.41, 5.74) is 3.50. The largest absolute Gasteiger partial charge is 0.496 e. The molecule has 1 aromatic carbocycles. The molecular formula is C16H18N2O5. The summed E-state index contributed by atoms with van der Waals surface area (Å²) >= 11 is 0. The molecule has 1 amide bonds. The van der Waals surface area contributed by atoms with E-state index < -0.39 is 0 Å². The van der Waals surface area contributed by atoms with Crippen LogP contribution in [0.3, 0.4) is 0 Å². The van der Waals surface area contributed by atoms with Crippen LogP contribution in [0, 0.1) is 6.92 Å². The number of ether oxygens (including phenoxy) is 3. The summed E-state index contributed by atoms with van der Waals surface area (Å²) in [6.45, 7) is 1.70. The quantitative estimate of drug-likeness (QED) is 0.653. The Balaban J connectivity index is 2.18. The second kappa shape index (κ2) is 7.35. The van der Waals surface area contributed by atoms with Crippen LogP contribution in [-0.4, -0.2) is 33.5 Å². The van der Waals surface area contributed by atoms with E-state index >= 15 is 0 Å². The van der Waals surface area contributed by atoms with E-state index in [-0.39, 0.29) is 5.91 Å². The summed E-state index contributed by atoms with van der Waals surface area (Å²) < 4.78 is 20.8. The highest BCUT2D eigenvalue weighted by atomic mass is 16.5. The fourth-order valence-corrected chi connectivity index (χ4v) is 1.99. The second-order valence-electron chi connectivity index (χ2n) is 4.54. The highest BCUT2D eigenvalue weighted by molar-refractivity contribution is 5.96. The maximum atomic E-state index is 11.9. The fraction of sp³-hybridized carbons (Fsp3) is 0.250. The number of benzene rings is 1. The van der Waals surface area contributed by atoms with Gasteiger partial charge in [-0.3, -0.25) is 4.79 Å². The Morgan fingerprint density at radius 3 is 2.35 bits per heavy atom. The van der Waals surface area contributed by atoms with E-state index in [0.717, 1.165) is 0 Å². The molecule has 0 bridgehead atoms. The number of aryl methyl sites for hydroxylation is 1. The third-order valence-corrected chi connectivity index (χ3v) is 3.21. The lowest BCUT2D eigenvalue weighted by Crippen LogP contribution is -2.17. The summed E-state index contributed by atoms with van der Waals surface area (Å²) in [5.74, 6) is 1.79. The van der Waals surface area contributed by atoms with Crippen molar-refractivity contribution in [3.05, 3.63) is 41.3 Å². The zero-order valence-electron chi connectivity index (χ0n) is 13.4. The Bertz CT molecular complexity index is 721. The average Bonchev–Trinajstić information content (AvgIpc) is 3.00. The molecule has 0 aliphatic carbocycles. The second-order valence-corrected chi connectivity index (χ2v) is 4.54. The van der Waals surface area contributed by atoms with Gasteiger partial charge in [0.15, 0.2) is 11.5 Å². The number of carbonyl (C=O) groups is 1. The van der Waals surface area contributed by atoms with Crippen LogP contribution in [0.5, 0.6) is 17.2 Å². The van der Waals surface area contributed by atoms with E-state index in [1.807, 2.05) is 0 Å². The molecule has 2 aromatic rings. The van der Waals surface area contributed by atoms with Gasteiger partial charge in [-0.2, -0.15) is 5.10 Å². The van der Waals surface area contributed by atoms with Crippen molar-refractivity contribution in [2.45, 2.75) is 6.92 Å². The molecule has 0 aliphatic rings. The van der Waals surface area contributed by atoms with E-state index in [1.165, 1.54) is 26.7 Å². The standard InChI is InChI=1S/C16H18N2O5/c1-10-12(5-6-23-10)16(19)18-17-9-11-7-14(21-3)15(22-4)8-13(11)20-2/h5-9H,1-4H3,(H,18,19)/b17-9+. The monoisotopic (exact) mass is 318 g/mol. The van der Waals surface area contributed by atoms with E-state index in [0.29, 0.717) is 34.1 Å². The lowest BCUT2D eigenvalue weighted by Gasteiger charge is -2.11. The average molecular weight is 318 g/mol. The van der Waals surface area contributed by atoms with Crippen molar-refractivity contribution >= 4 is 12.1 Å². The lowest BCUT2D eigenvalue weighted by atomic mass is 10.2. The number of furan rings is 1. The number of hydrogen-bond acceptors (Lipinski definition) is 6. The van der Waals surface area contributed by atoms with Gasteiger partial charge >= 0.3 is 0 Å². The predicted octanol–water partition coefficient (Wildman–Crippen LogP) is 2.38. The van der Waals surface area contributed by atoms with Gasteiger partial charge in [0.05, 0.1) is 39.4 Å². The van der Waals surface area contributed by atoms with Crippen molar-refractivity contribution in [2.24, 2.45) is 5.10 Å². The Morgan fingerprint density at radius 1 is 1.13 bits per heavy atom. The number of methoxy groups -OCH3 is 3. The van der Waals surface area contributed by atoms with Crippen molar-refractivity contribution in [1.29, 1.82) is 0 Å². The number of amides is 1. The molecule has 7 nitrogen and oxygen atoms in total. The first-order valence-electron chi connectivity index (χ1n) is 6.78. The molecule has 1 aromatic heterocycles. The number of hydrogen-bond donors (Lipinski definition) is 1. The van der Waals surface area contributed by atoms with Crippen molar-refractivity contribution in [3.63, 3.8) is 0 Å². The first-order chi connectivity index (χ1) is 11.1. The molecule has 122 valence electrons. The zero-order valence-corrected chi connectivity index (χ0v) is 13.4. The number of nitrogens with zero attached hydrogens (tertiary/aromatic N) is 1. The molecule has 23 heavy (non-hydrogen) atoms. The van der Waals surface area contributed by atoms with Crippen LogP contribution in [0.2, 0.25) is 0 Å². The SMILES string of the molecule is COc1cc(OC)c(OC)cc1/C=N/NC(=O)c1ccoc1C. The van der Waals surface area contributed by atoms with Crippen molar-refractivity contribution < 1.29 is 23.4 Å². The summed E-state index contributed by atoms with van der Waals surface area (Å²) in [4.78, 5) is 11.9. The maximum absolute atomic E-state index is 11.9. The third kappa shape index (κ3) is 3.63. The van der Waals surface area contributed by atoms with Gasteiger partial charge in [0.1, 0.15) is 11.5 Å². The summed E-state index contributed by atoms with van der Waals surface area (Å²) in [6, 6.07) is 4.97. The molecule has 0 spiro atoms. The Kier molecular flexibility index (Phi) is 5.24. The van der Waals surface area contributed by atoms with Crippen molar-refractivity contribution in [3.8, 4) is 17.2 Å². The molecule has 0 radical (unpaired) electrons. The van der Waals surface area contributed by atoms with Gasteiger partial charge < -0.3 is 18.6 Å². The van der Waals surface area contributed by atoms with Gasteiger partial charge in [-0.1, -0.05) is 0 Å². The molecule has 0 saturated heterocycles. The van der Waals surface area contributed by atoms with Crippen molar-refractivity contribution in [2.75, 3.05) is 21.3 Å². The minimum Gasteiger partial charge on any atom is -0.496 e. The van der Waals surface area contributed by atoms with Crippen LogP contribution in [0.25, 0.3) is 0 Å². The van der Waals surface area contributed by atoms with E-state index in [2.05, 4.69) is 10.5 Å². The molecule has 0 unspecified atom stereocenters. The topological polar surface area (TPSA) is 82.3 Å². The number of nitrogens with one attached hydrogen (secondary N) is 1. The van der Waals surface area contributed by atoms with Crippen LogP contribution in [0.1, 0.15) is 21.7 Å². The Hall–Kier alpha value is -2.96. The number of rotatable bonds is 6. The van der Waals surface area contributed by atoms with Crippen LogP contribution < -0.4 is 19.6 Å². The molecule has 0 fully saturated rings. The van der Waals surface area contributed by atoms with Gasteiger partial charge in [0, 0.05) is 11.6 Å². The van der Waals surface area contributed by atoms with E-state index in [9.17, 15) is 4.79 Å². The molecule has 0 aliphatic heterocycles. The Labute approximate surface area is 133 Å².